The first-order valence-corrected chi connectivity index (χ1v) is 6.11. The molecule has 0 radical (unpaired) electrons. The van der Waals surface area contributed by atoms with Crippen LogP contribution in [0.4, 0.5) is 4.79 Å². The molecule has 0 unspecified atom stereocenters. The fourth-order valence-corrected chi connectivity index (χ4v) is 2.10. The van der Waals surface area contributed by atoms with Gasteiger partial charge in [-0.05, 0) is 19.3 Å². The third-order valence-corrected chi connectivity index (χ3v) is 3.11. The number of carbonyl (C=O) groups excluding carboxylic acids is 2. The molecule has 5 heteroatoms. The van der Waals surface area contributed by atoms with Gasteiger partial charge in [0.15, 0.2) is 11.6 Å². The van der Waals surface area contributed by atoms with Gasteiger partial charge in [-0.2, -0.15) is 0 Å². The normalized spacial score (nSPS) is 19.4. The first-order valence-electron chi connectivity index (χ1n) is 6.11. The lowest BCUT2D eigenvalue weighted by Crippen LogP contribution is -2.36. The van der Waals surface area contributed by atoms with E-state index in [1.54, 1.807) is 0 Å². The summed E-state index contributed by atoms with van der Waals surface area (Å²) in [5, 5.41) is 8.91. The van der Waals surface area contributed by atoms with Crippen molar-refractivity contribution in [3.8, 4) is 0 Å². The van der Waals surface area contributed by atoms with Crippen LogP contribution in [0.1, 0.15) is 45.4 Å². The molecule has 1 rings (SSSR count). The van der Waals surface area contributed by atoms with Gasteiger partial charge >= 0.3 is 6.09 Å². The van der Waals surface area contributed by atoms with Gasteiger partial charge in [-0.25, -0.2) is 4.79 Å². The highest BCUT2D eigenvalue weighted by Gasteiger charge is 2.31. The number of nitrogens with zero attached hydrogens (tertiary/aromatic N) is 1. The maximum absolute atomic E-state index is 11.6. The minimum absolute atomic E-state index is 0.0504. The molecule has 1 heterocycles. The van der Waals surface area contributed by atoms with E-state index in [0.717, 1.165) is 19.3 Å². The van der Waals surface area contributed by atoms with Gasteiger partial charge in [0.1, 0.15) is 0 Å². The largest absolute Gasteiger partial charge is 0.465 e. The summed E-state index contributed by atoms with van der Waals surface area (Å²) in [5.41, 5.74) is 0. The predicted molar refractivity (Wildman–Crippen MR) is 61.9 cm³/mol. The molecule has 0 spiro atoms. The average Bonchev–Trinajstić information content (AvgIpc) is 2.73. The van der Waals surface area contributed by atoms with E-state index in [1.807, 2.05) is 6.92 Å². The van der Waals surface area contributed by atoms with Crippen molar-refractivity contribution in [2.24, 2.45) is 0 Å². The summed E-state index contributed by atoms with van der Waals surface area (Å²) in [7, 11) is 0. The summed E-state index contributed by atoms with van der Waals surface area (Å²) in [4.78, 5) is 35.2. The molecule has 0 aromatic rings. The molecule has 17 heavy (non-hydrogen) atoms. The maximum Gasteiger partial charge on any atom is 0.407 e. The molecule has 5 nitrogen and oxygen atoms in total. The summed E-state index contributed by atoms with van der Waals surface area (Å²) in [6.07, 6.45) is 2.39. The first-order chi connectivity index (χ1) is 8.06. The second-order valence-corrected chi connectivity index (χ2v) is 4.43. The van der Waals surface area contributed by atoms with Crippen LogP contribution in [0.15, 0.2) is 0 Å². The number of ketones is 2. The van der Waals surface area contributed by atoms with Gasteiger partial charge in [0.2, 0.25) is 0 Å². The fraction of sp³-hybridized carbons (Fsp3) is 0.750. The van der Waals surface area contributed by atoms with E-state index in [-0.39, 0.29) is 24.7 Å². The molecule has 0 bridgehead atoms. The van der Waals surface area contributed by atoms with Crippen LogP contribution in [0.3, 0.4) is 0 Å². The lowest BCUT2D eigenvalue weighted by molar-refractivity contribution is -0.137. The second kappa shape index (κ2) is 6.37. The Morgan fingerprint density at radius 3 is 2.59 bits per heavy atom. The van der Waals surface area contributed by atoms with E-state index in [9.17, 15) is 14.4 Å². The smallest absolute Gasteiger partial charge is 0.407 e. The molecule has 1 amide bonds. The quantitative estimate of drug-likeness (QED) is 0.720. The standard InChI is InChI=1S/C12H19NO4/c1-2-3-6-10(14)11(15)8-9-5-4-7-13(9)12(16)17/h9H,2-8H2,1H3,(H,16,17)/t9-/m0/s1. The van der Waals surface area contributed by atoms with Gasteiger partial charge in [-0.1, -0.05) is 13.3 Å². The Kier molecular flexibility index (Phi) is 5.12. The summed E-state index contributed by atoms with van der Waals surface area (Å²) in [5.74, 6) is -0.777. The molecule has 0 aromatic heterocycles. The highest BCUT2D eigenvalue weighted by Crippen LogP contribution is 2.20. The molecule has 1 aliphatic heterocycles. The van der Waals surface area contributed by atoms with Gasteiger partial charge in [0.05, 0.1) is 0 Å². The molecule has 0 aromatic carbocycles. The second-order valence-electron chi connectivity index (χ2n) is 4.43. The third-order valence-electron chi connectivity index (χ3n) is 3.11. The van der Waals surface area contributed by atoms with Crippen LogP contribution in [-0.2, 0) is 9.59 Å². The van der Waals surface area contributed by atoms with Crippen molar-refractivity contribution >= 4 is 17.7 Å². The number of amides is 1. The monoisotopic (exact) mass is 241 g/mol. The van der Waals surface area contributed by atoms with Crippen LogP contribution in [-0.4, -0.2) is 40.3 Å². The van der Waals surface area contributed by atoms with E-state index in [1.165, 1.54) is 4.90 Å². The van der Waals surface area contributed by atoms with Crippen molar-refractivity contribution in [1.29, 1.82) is 0 Å². The van der Waals surface area contributed by atoms with E-state index >= 15 is 0 Å². The molecule has 0 aliphatic carbocycles. The minimum atomic E-state index is -0.999. The van der Waals surface area contributed by atoms with E-state index in [4.69, 9.17) is 5.11 Å². The third kappa shape index (κ3) is 3.84. The average molecular weight is 241 g/mol. The van der Waals surface area contributed by atoms with Gasteiger partial charge in [0.25, 0.3) is 0 Å². The van der Waals surface area contributed by atoms with Crippen LogP contribution in [0.5, 0.6) is 0 Å². The van der Waals surface area contributed by atoms with Gasteiger partial charge in [-0.15, -0.1) is 0 Å². The Labute approximate surface area is 101 Å². The molecule has 1 atom stereocenters. The zero-order chi connectivity index (χ0) is 12.8. The Morgan fingerprint density at radius 1 is 1.29 bits per heavy atom. The van der Waals surface area contributed by atoms with Crippen molar-refractivity contribution in [2.45, 2.75) is 51.5 Å². The van der Waals surface area contributed by atoms with Crippen molar-refractivity contribution in [3.63, 3.8) is 0 Å². The highest BCUT2D eigenvalue weighted by atomic mass is 16.4. The Hall–Kier alpha value is -1.39. The summed E-state index contributed by atoms with van der Waals surface area (Å²) in [6.45, 7) is 2.43. The zero-order valence-corrected chi connectivity index (χ0v) is 10.1. The van der Waals surface area contributed by atoms with Crippen LogP contribution in [0, 0.1) is 0 Å². The van der Waals surface area contributed by atoms with Crippen LogP contribution >= 0.6 is 0 Å². The molecule has 0 saturated carbocycles. The molecule has 1 saturated heterocycles. The molecular weight excluding hydrogens is 222 g/mol. The van der Waals surface area contributed by atoms with Gasteiger partial charge in [0, 0.05) is 25.4 Å². The van der Waals surface area contributed by atoms with E-state index in [0.29, 0.717) is 13.0 Å². The number of carboxylic acid groups (broad SMARTS) is 1. The number of unbranched alkanes of at least 4 members (excludes halogenated alkanes) is 1. The summed E-state index contributed by atoms with van der Waals surface area (Å²) in [6, 6.07) is -0.300. The molecular formula is C12H19NO4. The van der Waals surface area contributed by atoms with Crippen molar-refractivity contribution in [3.05, 3.63) is 0 Å². The molecule has 96 valence electrons. The summed E-state index contributed by atoms with van der Waals surface area (Å²) >= 11 is 0. The van der Waals surface area contributed by atoms with Gasteiger partial charge < -0.3 is 10.0 Å². The lowest BCUT2D eigenvalue weighted by Gasteiger charge is -2.20. The summed E-state index contributed by atoms with van der Waals surface area (Å²) < 4.78 is 0. The number of hydrogen-bond donors (Lipinski definition) is 1. The van der Waals surface area contributed by atoms with Crippen LogP contribution in [0.2, 0.25) is 0 Å². The van der Waals surface area contributed by atoms with Crippen molar-refractivity contribution in [2.75, 3.05) is 6.54 Å². The van der Waals surface area contributed by atoms with E-state index in [2.05, 4.69) is 0 Å². The van der Waals surface area contributed by atoms with Crippen molar-refractivity contribution in [1.82, 2.24) is 4.90 Å². The Balaban J connectivity index is 2.45. The number of hydrogen-bond acceptors (Lipinski definition) is 3. The molecule has 1 aliphatic rings. The van der Waals surface area contributed by atoms with Gasteiger partial charge in [-0.3, -0.25) is 9.59 Å². The van der Waals surface area contributed by atoms with Crippen LogP contribution in [0.25, 0.3) is 0 Å². The fourth-order valence-electron chi connectivity index (χ4n) is 2.10. The maximum atomic E-state index is 11.6. The Morgan fingerprint density at radius 2 is 2.00 bits per heavy atom. The number of carbonyl (C=O) groups is 3. The van der Waals surface area contributed by atoms with E-state index < -0.39 is 11.9 Å². The highest BCUT2D eigenvalue weighted by molar-refractivity contribution is 6.37. The number of rotatable bonds is 6. The van der Waals surface area contributed by atoms with Crippen molar-refractivity contribution < 1.29 is 19.5 Å². The SMILES string of the molecule is CCCCC(=O)C(=O)C[C@@H]1CCCN1C(=O)O. The zero-order valence-electron chi connectivity index (χ0n) is 10.1. The lowest BCUT2D eigenvalue weighted by atomic mass is 10.0. The Bertz CT molecular complexity index is 314. The molecule has 1 N–H and O–H groups in total. The predicted octanol–water partition coefficient (Wildman–Crippen LogP) is 1.85. The first kappa shape index (κ1) is 13.7. The molecule has 1 fully saturated rings. The minimum Gasteiger partial charge on any atom is -0.465 e. The number of Topliss-reactive ketones (excluding diaryl/α,β-unsaturated/α-hetero) is 2. The number of likely N-dealkylation sites (tertiary alicyclic amines) is 1. The van der Waals surface area contributed by atoms with Crippen LogP contribution < -0.4 is 0 Å². The topological polar surface area (TPSA) is 74.7 Å².